The van der Waals surface area contributed by atoms with Gasteiger partial charge in [-0.3, -0.25) is 4.79 Å². The molecule has 0 fully saturated rings. The second-order valence-electron chi connectivity index (χ2n) is 4.16. The highest BCUT2D eigenvalue weighted by molar-refractivity contribution is 9.10. The molecule has 0 aliphatic carbocycles. The van der Waals surface area contributed by atoms with Gasteiger partial charge in [0.25, 0.3) is 5.91 Å². The average molecular weight is 370 g/mol. The third-order valence-corrected chi connectivity index (χ3v) is 3.73. The Kier molecular flexibility index (Phi) is 4.50. The van der Waals surface area contributed by atoms with Crippen molar-refractivity contribution in [2.75, 3.05) is 11.1 Å². The summed E-state index contributed by atoms with van der Waals surface area (Å²) in [4.78, 5) is 23.4. The topological polar surface area (TPSA) is 92.4 Å². The Balaban J connectivity index is 2.36. The summed E-state index contributed by atoms with van der Waals surface area (Å²) in [6.07, 6.45) is 0. The maximum Gasteiger partial charge on any atom is 0.337 e. The van der Waals surface area contributed by atoms with Crippen LogP contribution < -0.4 is 11.1 Å². The predicted octanol–water partition coefficient (Wildman–Crippen LogP) is 3.64. The van der Waals surface area contributed by atoms with Crippen molar-refractivity contribution in [2.45, 2.75) is 0 Å². The first-order valence-corrected chi connectivity index (χ1v) is 6.95. The zero-order valence-electron chi connectivity index (χ0n) is 10.6. The average Bonchev–Trinajstić information content (AvgIpc) is 2.43. The van der Waals surface area contributed by atoms with E-state index in [-0.39, 0.29) is 21.8 Å². The number of rotatable bonds is 3. The lowest BCUT2D eigenvalue weighted by molar-refractivity contribution is 0.0698. The molecule has 0 radical (unpaired) electrons. The van der Waals surface area contributed by atoms with Gasteiger partial charge in [0.2, 0.25) is 0 Å². The molecule has 0 unspecified atom stereocenters. The number of hydrogen-bond acceptors (Lipinski definition) is 3. The van der Waals surface area contributed by atoms with E-state index in [0.717, 1.165) is 0 Å². The molecule has 0 aliphatic heterocycles. The molecule has 2 aromatic rings. The molecule has 0 heterocycles. The molecule has 4 N–H and O–H groups in total. The second kappa shape index (κ2) is 6.15. The fourth-order valence-electron chi connectivity index (χ4n) is 1.68. The summed E-state index contributed by atoms with van der Waals surface area (Å²) in [5.74, 6) is -1.62. The number of aromatic carboxylic acids is 1. The van der Waals surface area contributed by atoms with Crippen LogP contribution in [0.15, 0.2) is 40.9 Å². The lowest BCUT2D eigenvalue weighted by Gasteiger charge is -2.11. The van der Waals surface area contributed by atoms with Gasteiger partial charge in [0, 0.05) is 10.0 Å². The molecule has 5 nitrogen and oxygen atoms in total. The molecular formula is C14H10BrClN2O3. The van der Waals surface area contributed by atoms with Crippen LogP contribution >= 0.6 is 27.5 Å². The Morgan fingerprint density at radius 1 is 1.24 bits per heavy atom. The van der Waals surface area contributed by atoms with E-state index in [4.69, 9.17) is 22.4 Å². The molecular weight excluding hydrogens is 360 g/mol. The van der Waals surface area contributed by atoms with E-state index in [1.807, 2.05) is 0 Å². The Morgan fingerprint density at radius 3 is 2.57 bits per heavy atom. The van der Waals surface area contributed by atoms with Gasteiger partial charge in [-0.05, 0) is 46.3 Å². The zero-order valence-corrected chi connectivity index (χ0v) is 12.9. The van der Waals surface area contributed by atoms with Crippen molar-refractivity contribution in [3.05, 3.63) is 57.0 Å². The van der Waals surface area contributed by atoms with Gasteiger partial charge in [0.05, 0.1) is 22.0 Å². The highest BCUT2D eigenvalue weighted by Gasteiger charge is 2.16. The number of carboxylic acid groups (broad SMARTS) is 1. The van der Waals surface area contributed by atoms with Crippen molar-refractivity contribution in [2.24, 2.45) is 0 Å². The molecule has 0 aromatic heterocycles. The first kappa shape index (κ1) is 15.3. The van der Waals surface area contributed by atoms with E-state index in [0.29, 0.717) is 10.2 Å². The quantitative estimate of drug-likeness (QED) is 0.720. The van der Waals surface area contributed by atoms with Crippen molar-refractivity contribution < 1.29 is 14.7 Å². The minimum absolute atomic E-state index is 0.0146. The number of anilines is 2. The fourth-order valence-corrected chi connectivity index (χ4v) is 2.33. The normalized spacial score (nSPS) is 10.2. The van der Waals surface area contributed by atoms with Crippen LogP contribution in [0, 0.1) is 0 Å². The van der Waals surface area contributed by atoms with Gasteiger partial charge >= 0.3 is 5.97 Å². The third-order valence-electron chi connectivity index (χ3n) is 2.75. The monoisotopic (exact) mass is 368 g/mol. The summed E-state index contributed by atoms with van der Waals surface area (Å²) in [5.41, 5.74) is 6.39. The maximum atomic E-state index is 12.2. The molecule has 108 valence electrons. The first-order chi connectivity index (χ1) is 9.90. The highest BCUT2D eigenvalue weighted by atomic mass is 79.9. The molecule has 0 saturated carbocycles. The Hall–Kier alpha value is -2.05. The number of para-hydroxylation sites is 1. The molecule has 2 rings (SSSR count). The molecule has 21 heavy (non-hydrogen) atoms. The summed E-state index contributed by atoms with van der Waals surface area (Å²) < 4.78 is 0.470. The van der Waals surface area contributed by atoms with Crippen molar-refractivity contribution in [3.63, 3.8) is 0 Å². The van der Waals surface area contributed by atoms with E-state index < -0.39 is 11.9 Å². The molecule has 0 atom stereocenters. The van der Waals surface area contributed by atoms with Crippen LogP contribution in [0.25, 0.3) is 0 Å². The van der Waals surface area contributed by atoms with Crippen molar-refractivity contribution >= 4 is 50.8 Å². The van der Waals surface area contributed by atoms with Gasteiger partial charge in [-0.2, -0.15) is 0 Å². The van der Waals surface area contributed by atoms with Crippen LogP contribution in [0.5, 0.6) is 0 Å². The Bertz CT molecular complexity index is 734. The number of halogens is 2. The van der Waals surface area contributed by atoms with Crippen molar-refractivity contribution in [1.29, 1.82) is 0 Å². The first-order valence-electron chi connectivity index (χ1n) is 5.78. The summed E-state index contributed by atoms with van der Waals surface area (Å²) in [5, 5.41) is 12.0. The molecule has 0 spiro atoms. The van der Waals surface area contributed by atoms with Gasteiger partial charge in [-0.25, -0.2) is 4.79 Å². The number of amides is 1. The Morgan fingerprint density at radius 2 is 1.95 bits per heavy atom. The summed E-state index contributed by atoms with van der Waals surface area (Å²) in [6.45, 7) is 0. The minimum Gasteiger partial charge on any atom is -0.478 e. The zero-order chi connectivity index (χ0) is 15.6. The van der Waals surface area contributed by atoms with Crippen LogP contribution in [0.1, 0.15) is 20.7 Å². The number of carboxylic acids is 1. The largest absolute Gasteiger partial charge is 0.478 e. The number of benzene rings is 2. The number of nitrogens with one attached hydrogen (secondary N) is 1. The molecule has 1 amide bonds. The molecule has 0 bridgehead atoms. The Labute approximate surface area is 133 Å². The van der Waals surface area contributed by atoms with E-state index in [2.05, 4.69) is 21.2 Å². The van der Waals surface area contributed by atoms with Gasteiger partial charge in [-0.15, -0.1) is 0 Å². The highest BCUT2D eigenvalue weighted by Crippen LogP contribution is 2.28. The summed E-state index contributed by atoms with van der Waals surface area (Å²) >= 11 is 9.08. The lowest BCUT2D eigenvalue weighted by Crippen LogP contribution is -2.15. The molecule has 0 saturated heterocycles. The maximum absolute atomic E-state index is 12.2. The van der Waals surface area contributed by atoms with E-state index >= 15 is 0 Å². The standard InChI is InChI=1S/C14H10BrClN2O3/c15-9-3-1-2-8(14(20)21)12(9)18-13(19)7-4-5-11(17)10(16)6-7/h1-6H,17H2,(H,18,19)(H,20,21). The van der Waals surface area contributed by atoms with Gasteiger partial charge in [0.15, 0.2) is 0 Å². The van der Waals surface area contributed by atoms with E-state index in [1.54, 1.807) is 12.1 Å². The molecule has 7 heteroatoms. The number of carbonyl (C=O) groups excluding carboxylic acids is 1. The van der Waals surface area contributed by atoms with Gasteiger partial charge in [-0.1, -0.05) is 17.7 Å². The van der Waals surface area contributed by atoms with Crippen LogP contribution in [0.2, 0.25) is 5.02 Å². The van der Waals surface area contributed by atoms with Crippen LogP contribution in [0.3, 0.4) is 0 Å². The van der Waals surface area contributed by atoms with Crippen LogP contribution in [0.4, 0.5) is 11.4 Å². The van der Waals surface area contributed by atoms with Crippen LogP contribution in [-0.4, -0.2) is 17.0 Å². The SMILES string of the molecule is Nc1ccc(C(=O)Nc2c(Br)cccc2C(=O)O)cc1Cl. The third kappa shape index (κ3) is 3.34. The fraction of sp³-hybridized carbons (Fsp3) is 0. The number of carbonyl (C=O) groups is 2. The van der Waals surface area contributed by atoms with Crippen LogP contribution in [-0.2, 0) is 0 Å². The summed E-state index contributed by atoms with van der Waals surface area (Å²) in [7, 11) is 0. The van der Waals surface area contributed by atoms with Crippen molar-refractivity contribution in [1.82, 2.24) is 0 Å². The number of nitrogen functional groups attached to an aromatic ring is 1. The lowest BCUT2D eigenvalue weighted by atomic mass is 10.1. The second-order valence-corrected chi connectivity index (χ2v) is 5.42. The van der Waals surface area contributed by atoms with Gasteiger partial charge in [0.1, 0.15) is 0 Å². The van der Waals surface area contributed by atoms with Gasteiger partial charge < -0.3 is 16.2 Å². The minimum atomic E-state index is -1.14. The van der Waals surface area contributed by atoms with E-state index in [9.17, 15) is 9.59 Å². The summed E-state index contributed by atoms with van der Waals surface area (Å²) in [6, 6.07) is 9.05. The number of nitrogens with two attached hydrogens (primary N) is 1. The van der Waals surface area contributed by atoms with Crippen molar-refractivity contribution in [3.8, 4) is 0 Å². The molecule has 0 aliphatic rings. The number of hydrogen-bond donors (Lipinski definition) is 3. The van der Waals surface area contributed by atoms with E-state index in [1.165, 1.54) is 24.3 Å². The predicted molar refractivity (Wildman–Crippen MR) is 84.9 cm³/mol. The molecule has 2 aromatic carbocycles. The smallest absolute Gasteiger partial charge is 0.337 e.